The summed E-state index contributed by atoms with van der Waals surface area (Å²) in [6, 6.07) is 4.92. The zero-order valence-corrected chi connectivity index (χ0v) is 15.8. The number of methoxy groups -OCH3 is 2. The fourth-order valence-corrected chi connectivity index (χ4v) is 3.65. The predicted molar refractivity (Wildman–Crippen MR) is 101 cm³/mol. The van der Waals surface area contributed by atoms with Crippen LogP contribution in [0.1, 0.15) is 69.4 Å². The molecule has 0 heterocycles. The molecule has 1 N–H and O–H groups in total. The lowest BCUT2D eigenvalue weighted by Crippen LogP contribution is -2.35. The normalized spacial score (nSPS) is 16.7. The van der Waals surface area contributed by atoms with Crippen LogP contribution in [0.2, 0.25) is 0 Å². The highest BCUT2D eigenvalue weighted by molar-refractivity contribution is 5.48. The molecule has 0 aromatic heterocycles. The van der Waals surface area contributed by atoms with E-state index in [9.17, 15) is 0 Å². The molecule has 1 aromatic rings. The van der Waals surface area contributed by atoms with E-state index < -0.39 is 0 Å². The van der Waals surface area contributed by atoms with Crippen LogP contribution in [-0.4, -0.2) is 26.8 Å². The van der Waals surface area contributed by atoms with E-state index in [1.165, 1.54) is 62.5 Å². The third-order valence-corrected chi connectivity index (χ3v) is 5.15. The molecule has 0 bridgehead atoms. The molecule has 0 amide bonds. The van der Waals surface area contributed by atoms with E-state index >= 15 is 0 Å². The number of ether oxygens (including phenoxy) is 2. The molecular weight excluding hydrogens is 298 g/mol. The number of fused-ring (bicyclic) bond motifs is 1. The lowest BCUT2D eigenvalue weighted by molar-refractivity contribution is 0.352. The third kappa shape index (κ3) is 5.70. The van der Waals surface area contributed by atoms with E-state index in [2.05, 4.69) is 24.4 Å². The zero-order chi connectivity index (χ0) is 17.2. The number of unbranched alkanes of at least 4 members (excludes halogenated alkanes) is 6. The van der Waals surface area contributed by atoms with Crippen molar-refractivity contribution in [2.45, 2.75) is 77.2 Å². The Morgan fingerprint density at radius 2 is 1.54 bits per heavy atom. The molecule has 1 aliphatic carbocycles. The molecule has 0 fully saturated rings. The van der Waals surface area contributed by atoms with Gasteiger partial charge in [-0.05, 0) is 55.5 Å². The van der Waals surface area contributed by atoms with Crippen molar-refractivity contribution >= 4 is 0 Å². The second-order valence-corrected chi connectivity index (χ2v) is 6.99. The Balaban J connectivity index is 1.71. The van der Waals surface area contributed by atoms with Crippen molar-refractivity contribution in [2.24, 2.45) is 0 Å². The first kappa shape index (κ1) is 19.1. The smallest absolute Gasteiger partial charge is 0.161 e. The molecule has 0 radical (unpaired) electrons. The van der Waals surface area contributed by atoms with Gasteiger partial charge in [-0.1, -0.05) is 45.4 Å². The molecule has 1 aromatic carbocycles. The molecule has 1 aliphatic rings. The average molecular weight is 334 g/mol. The van der Waals surface area contributed by atoms with E-state index in [1.807, 2.05) is 0 Å². The quantitative estimate of drug-likeness (QED) is 0.584. The second-order valence-electron chi connectivity index (χ2n) is 6.99. The van der Waals surface area contributed by atoms with Crippen molar-refractivity contribution in [1.82, 2.24) is 5.32 Å². The molecule has 24 heavy (non-hydrogen) atoms. The van der Waals surface area contributed by atoms with Crippen LogP contribution in [0.15, 0.2) is 12.1 Å². The number of hydrogen-bond donors (Lipinski definition) is 1. The summed E-state index contributed by atoms with van der Waals surface area (Å²) in [5.41, 5.74) is 2.83. The lowest BCUT2D eigenvalue weighted by atomic mass is 9.87. The Hall–Kier alpha value is -1.22. The van der Waals surface area contributed by atoms with Crippen molar-refractivity contribution in [3.63, 3.8) is 0 Å². The van der Waals surface area contributed by atoms with Gasteiger partial charge in [-0.25, -0.2) is 0 Å². The summed E-state index contributed by atoms with van der Waals surface area (Å²) in [4.78, 5) is 0. The van der Waals surface area contributed by atoms with E-state index in [0.717, 1.165) is 30.9 Å². The first-order chi connectivity index (χ1) is 11.8. The molecule has 3 heteroatoms. The number of benzene rings is 1. The van der Waals surface area contributed by atoms with Crippen molar-refractivity contribution < 1.29 is 9.47 Å². The highest BCUT2D eigenvalue weighted by Crippen LogP contribution is 2.34. The van der Waals surface area contributed by atoms with Crippen molar-refractivity contribution in [1.29, 1.82) is 0 Å². The minimum atomic E-state index is 0.607. The number of nitrogens with one attached hydrogen (secondary N) is 1. The van der Waals surface area contributed by atoms with E-state index in [0.29, 0.717) is 6.04 Å². The van der Waals surface area contributed by atoms with Gasteiger partial charge in [0.2, 0.25) is 0 Å². The monoisotopic (exact) mass is 333 g/mol. The summed E-state index contributed by atoms with van der Waals surface area (Å²) in [5, 5.41) is 3.76. The standard InChI is InChI=1S/C21H35NO2/c1-4-5-6-7-8-9-10-13-22-19-12-11-17-15-20(23-2)21(24-3)16-18(17)14-19/h15-16,19,22H,4-14H2,1-3H3/t19-/m0/s1. The van der Waals surface area contributed by atoms with Crippen LogP contribution in [0.5, 0.6) is 11.5 Å². The summed E-state index contributed by atoms with van der Waals surface area (Å²) >= 11 is 0. The van der Waals surface area contributed by atoms with Crippen LogP contribution >= 0.6 is 0 Å². The fourth-order valence-electron chi connectivity index (χ4n) is 3.65. The molecule has 2 rings (SSSR count). The van der Waals surface area contributed by atoms with Crippen LogP contribution in [-0.2, 0) is 12.8 Å². The van der Waals surface area contributed by atoms with Gasteiger partial charge in [-0.3, -0.25) is 0 Å². The summed E-state index contributed by atoms with van der Waals surface area (Å²) < 4.78 is 10.9. The Bertz CT molecular complexity index is 487. The highest BCUT2D eigenvalue weighted by atomic mass is 16.5. The van der Waals surface area contributed by atoms with E-state index in [1.54, 1.807) is 14.2 Å². The maximum atomic E-state index is 5.45. The third-order valence-electron chi connectivity index (χ3n) is 5.15. The van der Waals surface area contributed by atoms with Crippen molar-refractivity contribution in [3.8, 4) is 11.5 Å². The van der Waals surface area contributed by atoms with Crippen molar-refractivity contribution in [3.05, 3.63) is 23.3 Å². The van der Waals surface area contributed by atoms with Gasteiger partial charge >= 0.3 is 0 Å². The predicted octanol–water partition coefficient (Wildman–Crippen LogP) is 4.90. The van der Waals surface area contributed by atoms with Crippen LogP contribution in [0.3, 0.4) is 0 Å². The first-order valence-corrected chi connectivity index (χ1v) is 9.75. The molecule has 3 nitrogen and oxygen atoms in total. The minimum absolute atomic E-state index is 0.607. The van der Waals surface area contributed by atoms with Gasteiger partial charge in [0.15, 0.2) is 11.5 Å². The summed E-state index contributed by atoms with van der Waals surface area (Å²) in [6.45, 7) is 3.43. The largest absolute Gasteiger partial charge is 0.493 e. The molecule has 0 unspecified atom stereocenters. The number of aryl methyl sites for hydroxylation is 1. The van der Waals surface area contributed by atoms with Gasteiger partial charge in [0.1, 0.15) is 0 Å². The first-order valence-electron chi connectivity index (χ1n) is 9.75. The van der Waals surface area contributed by atoms with E-state index in [4.69, 9.17) is 9.47 Å². The van der Waals surface area contributed by atoms with Crippen LogP contribution in [0, 0.1) is 0 Å². The lowest BCUT2D eigenvalue weighted by Gasteiger charge is -2.26. The second kappa shape index (κ2) is 10.6. The number of rotatable bonds is 11. The van der Waals surface area contributed by atoms with Crippen LogP contribution in [0.25, 0.3) is 0 Å². The maximum absolute atomic E-state index is 5.45. The molecule has 0 saturated carbocycles. The summed E-state index contributed by atoms with van der Waals surface area (Å²) in [5.74, 6) is 1.70. The fraction of sp³-hybridized carbons (Fsp3) is 0.714. The van der Waals surface area contributed by atoms with Gasteiger partial charge in [-0.2, -0.15) is 0 Å². The Labute approximate surface area is 148 Å². The molecule has 136 valence electrons. The number of hydrogen-bond acceptors (Lipinski definition) is 3. The van der Waals surface area contributed by atoms with E-state index in [-0.39, 0.29) is 0 Å². The van der Waals surface area contributed by atoms with Crippen molar-refractivity contribution in [2.75, 3.05) is 20.8 Å². The molecule has 1 atom stereocenters. The van der Waals surface area contributed by atoms with Gasteiger partial charge in [0.25, 0.3) is 0 Å². The molecule has 0 saturated heterocycles. The maximum Gasteiger partial charge on any atom is 0.161 e. The van der Waals surface area contributed by atoms with Gasteiger partial charge < -0.3 is 14.8 Å². The van der Waals surface area contributed by atoms with Crippen LogP contribution < -0.4 is 14.8 Å². The van der Waals surface area contributed by atoms with Gasteiger partial charge in [0, 0.05) is 6.04 Å². The highest BCUT2D eigenvalue weighted by Gasteiger charge is 2.20. The summed E-state index contributed by atoms with van der Waals surface area (Å²) in [6.07, 6.45) is 13.1. The van der Waals surface area contributed by atoms with Crippen LogP contribution in [0.4, 0.5) is 0 Å². The Morgan fingerprint density at radius 3 is 2.21 bits per heavy atom. The van der Waals surface area contributed by atoms with Gasteiger partial charge in [-0.15, -0.1) is 0 Å². The topological polar surface area (TPSA) is 30.5 Å². The van der Waals surface area contributed by atoms with Gasteiger partial charge in [0.05, 0.1) is 14.2 Å². The SMILES string of the molecule is CCCCCCCCCN[C@H]1CCc2cc(OC)c(OC)cc2C1. The Kier molecular flexibility index (Phi) is 8.44. The minimum Gasteiger partial charge on any atom is -0.493 e. The average Bonchev–Trinajstić information content (AvgIpc) is 2.62. The molecular formula is C21H35NO2. The Morgan fingerprint density at radius 1 is 0.917 bits per heavy atom. The molecule has 0 aliphatic heterocycles. The molecule has 0 spiro atoms. The summed E-state index contributed by atoms with van der Waals surface area (Å²) in [7, 11) is 3.42. The zero-order valence-electron chi connectivity index (χ0n) is 15.8.